The Hall–Kier alpha value is -2.34. The van der Waals surface area contributed by atoms with Gasteiger partial charge in [-0.05, 0) is 61.2 Å². The van der Waals surface area contributed by atoms with Gasteiger partial charge in [0.05, 0.1) is 5.56 Å². The first-order chi connectivity index (χ1) is 12.8. The largest absolute Gasteiger partial charge is 0.416 e. The monoisotopic (exact) mass is 376 g/mol. The Morgan fingerprint density at radius 1 is 1.19 bits per heavy atom. The van der Waals surface area contributed by atoms with Crippen LogP contribution in [-0.2, 0) is 12.7 Å². The van der Waals surface area contributed by atoms with Crippen LogP contribution >= 0.6 is 0 Å². The van der Waals surface area contributed by atoms with Crippen LogP contribution in [0, 0.1) is 5.92 Å². The lowest BCUT2D eigenvalue weighted by atomic mass is 9.99. The maximum absolute atomic E-state index is 12.8. The zero-order valence-electron chi connectivity index (χ0n) is 15.2. The topological polar surface area (TPSA) is 32.3 Å². The van der Waals surface area contributed by atoms with Crippen LogP contribution in [0.25, 0.3) is 0 Å². The molecule has 1 N–H and O–H groups in total. The molecule has 0 saturated carbocycles. The molecule has 1 fully saturated rings. The Morgan fingerprint density at radius 3 is 2.59 bits per heavy atom. The first kappa shape index (κ1) is 19.4. The van der Waals surface area contributed by atoms with E-state index in [-0.39, 0.29) is 5.69 Å². The number of alkyl halides is 3. The van der Waals surface area contributed by atoms with Gasteiger partial charge in [-0.15, -0.1) is 0 Å². The highest BCUT2D eigenvalue weighted by Crippen LogP contribution is 2.30. The summed E-state index contributed by atoms with van der Waals surface area (Å²) in [6.07, 6.45) is -1.96. The second-order valence-corrected chi connectivity index (χ2v) is 7.21. The molecule has 2 aromatic rings. The van der Waals surface area contributed by atoms with Crippen molar-refractivity contribution in [2.24, 2.45) is 5.92 Å². The number of nitrogens with zero attached hydrogens (tertiary/aromatic N) is 1. The number of likely N-dealkylation sites (tertiary alicyclic amines) is 1. The number of rotatable bonds is 4. The number of carbonyl (C=O) groups is 1. The van der Waals surface area contributed by atoms with Crippen molar-refractivity contribution in [2.45, 2.75) is 32.5 Å². The van der Waals surface area contributed by atoms with Gasteiger partial charge in [0.15, 0.2) is 0 Å². The molecule has 27 heavy (non-hydrogen) atoms. The van der Waals surface area contributed by atoms with Crippen LogP contribution < -0.4 is 5.32 Å². The van der Waals surface area contributed by atoms with Gasteiger partial charge in [-0.3, -0.25) is 9.69 Å². The SMILES string of the molecule is CC1CCCN(Cc2ccc(C(=O)Nc3cccc(C(F)(F)F)c3)cc2)C1. The molecular formula is C21H23F3N2O. The van der Waals surface area contributed by atoms with Crippen molar-refractivity contribution in [3.05, 3.63) is 65.2 Å². The van der Waals surface area contributed by atoms with Crippen LogP contribution in [0.5, 0.6) is 0 Å². The number of nitrogens with one attached hydrogen (secondary N) is 1. The molecule has 1 saturated heterocycles. The molecule has 1 aliphatic rings. The predicted octanol–water partition coefficient (Wildman–Crippen LogP) is 5.19. The number of benzene rings is 2. The molecule has 2 aromatic carbocycles. The molecule has 3 rings (SSSR count). The van der Waals surface area contributed by atoms with Gasteiger partial charge in [-0.25, -0.2) is 0 Å². The van der Waals surface area contributed by atoms with Crippen molar-refractivity contribution in [2.75, 3.05) is 18.4 Å². The molecule has 144 valence electrons. The molecule has 0 radical (unpaired) electrons. The summed E-state index contributed by atoms with van der Waals surface area (Å²) < 4.78 is 38.3. The van der Waals surface area contributed by atoms with E-state index in [0.29, 0.717) is 11.5 Å². The lowest BCUT2D eigenvalue weighted by Gasteiger charge is -2.30. The Morgan fingerprint density at radius 2 is 1.93 bits per heavy atom. The van der Waals surface area contributed by atoms with Gasteiger partial charge in [0, 0.05) is 24.3 Å². The minimum Gasteiger partial charge on any atom is -0.322 e. The molecule has 0 aliphatic carbocycles. The fraction of sp³-hybridized carbons (Fsp3) is 0.381. The van der Waals surface area contributed by atoms with E-state index in [1.165, 1.54) is 25.0 Å². The van der Waals surface area contributed by atoms with E-state index in [2.05, 4.69) is 17.1 Å². The van der Waals surface area contributed by atoms with E-state index >= 15 is 0 Å². The smallest absolute Gasteiger partial charge is 0.322 e. The summed E-state index contributed by atoms with van der Waals surface area (Å²) in [6, 6.07) is 11.9. The lowest BCUT2D eigenvalue weighted by molar-refractivity contribution is -0.137. The normalized spacial score (nSPS) is 18.3. The summed E-state index contributed by atoms with van der Waals surface area (Å²) >= 11 is 0. The summed E-state index contributed by atoms with van der Waals surface area (Å²) in [4.78, 5) is 14.7. The Kier molecular flexibility index (Phi) is 5.85. The van der Waals surface area contributed by atoms with Crippen LogP contribution in [0.1, 0.15) is 41.3 Å². The van der Waals surface area contributed by atoms with Gasteiger partial charge in [-0.1, -0.05) is 25.1 Å². The van der Waals surface area contributed by atoms with E-state index in [0.717, 1.165) is 37.3 Å². The van der Waals surface area contributed by atoms with Gasteiger partial charge in [-0.2, -0.15) is 13.2 Å². The molecule has 1 aliphatic heterocycles. The van der Waals surface area contributed by atoms with E-state index < -0.39 is 17.6 Å². The quantitative estimate of drug-likeness (QED) is 0.796. The fourth-order valence-electron chi connectivity index (χ4n) is 3.43. The number of piperidine rings is 1. The fourth-order valence-corrected chi connectivity index (χ4v) is 3.43. The molecule has 0 aromatic heterocycles. The maximum atomic E-state index is 12.8. The predicted molar refractivity (Wildman–Crippen MR) is 99.5 cm³/mol. The molecule has 1 atom stereocenters. The summed E-state index contributed by atoms with van der Waals surface area (Å²) in [7, 11) is 0. The van der Waals surface area contributed by atoms with Gasteiger partial charge in [0.1, 0.15) is 0 Å². The van der Waals surface area contributed by atoms with Crippen molar-refractivity contribution in [1.82, 2.24) is 4.90 Å². The second kappa shape index (κ2) is 8.13. The maximum Gasteiger partial charge on any atom is 0.416 e. The average molecular weight is 376 g/mol. The minimum absolute atomic E-state index is 0.126. The van der Waals surface area contributed by atoms with Crippen molar-refractivity contribution in [1.29, 1.82) is 0 Å². The molecular weight excluding hydrogens is 353 g/mol. The van der Waals surface area contributed by atoms with Crippen LogP contribution in [0.2, 0.25) is 0 Å². The number of anilines is 1. The third-order valence-electron chi connectivity index (χ3n) is 4.81. The van der Waals surface area contributed by atoms with E-state index in [9.17, 15) is 18.0 Å². The Bertz CT molecular complexity index is 787. The standard InChI is InChI=1S/C21H23F3N2O/c1-15-4-3-11-26(13-15)14-16-7-9-17(10-8-16)20(27)25-19-6-2-5-18(12-19)21(22,23)24/h2,5-10,12,15H,3-4,11,13-14H2,1H3,(H,25,27). The summed E-state index contributed by atoms with van der Waals surface area (Å²) in [5.74, 6) is 0.281. The highest BCUT2D eigenvalue weighted by molar-refractivity contribution is 6.04. The molecule has 6 heteroatoms. The van der Waals surface area contributed by atoms with E-state index in [4.69, 9.17) is 0 Å². The second-order valence-electron chi connectivity index (χ2n) is 7.21. The number of amides is 1. The first-order valence-electron chi connectivity index (χ1n) is 9.11. The molecule has 1 heterocycles. The van der Waals surface area contributed by atoms with E-state index in [1.807, 2.05) is 12.1 Å². The van der Waals surface area contributed by atoms with Gasteiger partial charge in [0.25, 0.3) is 5.91 Å². The number of hydrogen-bond acceptors (Lipinski definition) is 2. The van der Waals surface area contributed by atoms with Crippen LogP contribution in [0.3, 0.4) is 0 Å². The number of halogens is 3. The highest BCUT2D eigenvalue weighted by atomic mass is 19.4. The van der Waals surface area contributed by atoms with Crippen LogP contribution in [-0.4, -0.2) is 23.9 Å². The Balaban J connectivity index is 1.62. The summed E-state index contributed by atoms with van der Waals surface area (Å²) in [5.41, 5.74) is 0.885. The van der Waals surface area contributed by atoms with Gasteiger partial charge >= 0.3 is 6.18 Å². The summed E-state index contributed by atoms with van der Waals surface area (Å²) in [5, 5.41) is 2.53. The minimum atomic E-state index is -4.44. The molecule has 0 spiro atoms. The van der Waals surface area contributed by atoms with Crippen molar-refractivity contribution >= 4 is 11.6 Å². The average Bonchev–Trinajstić information content (AvgIpc) is 2.62. The zero-order valence-corrected chi connectivity index (χ0v) is 15.2. The van der Waals surface area contributed by atoms with Crippen molar-refractivity contribution < 1.29 is 18.0 Å². The van der Waals surface area contributed by atoms with Gasteiger partial charge in [0.2, 0.25) is 0 Å². The highest BCUT2D eigenvalue weighted by Gasteiger charge is 2.30. The lowest BCUT2D eigenvalue weighted by Crippen LogP contribution is -2.33. The summed E-state index contributed by atoms with van der Waals surface area (Å²) in [6.45, 7) is 5.27. The molecule has 1 amide bonds. The van der Waals surface area contributed by atoms with Crippen LogP contribution in [0.15, 0.2) is 48.5 Å². The molecule has 0 bridgehead atoms. The third kappa shape index (κ3) is 5.32. The van der Waals surface area contributed by atoms with Crippen molar-refractivity contribution in [3.8, 4) is 0 Å². The number of carbonyl (C=O) groups excluding carboxylic acids is 1. The first-order valence-corrected chi connectivity index (χ1v) is 9.11. The molecule has 3 nitrogen and oxygen atoms in total. The van der Waals surface area contributed by atoms with Crippen molar-refractivity contribution in [3.63, 3.8) is 0 Å². The number of hydrogen-bond donors (Lipinski definition) is 1. The Labute approximate surface area is 157 Å². The van der Waals surface area contributed by atoms with Crippen LogP contribution in [0.4, 0.5) is 18.9 Å². The van der Waals surface area contributed by atoms with Gasteiger partial charge < -0.3 is 5.32 Å². The molecule has 1 unspecified atom stereocenters. The third-order valence-corrected chi connectivity index (χ3v) is 4.81. The van der Waals surface area contributed by atoms with E-state index in [1.54, 1.807) is 12.1 Å². The zero-order chi connectivity index (χ0) is 19.4.